The van der Waals surface area contributed by atoms with E-state index in [0.29, 0.717) is 23.8 Å². The van der Waals surface area contributed by atoms with Gasteiger partial charge in [-0.3, -0.25) is 4.90 Å². The zero-order chi connectivity index (χ0) is 26.1. The van der Waals surface area contributed by atoms with Gasteiger partial charge in [-0.2, -0.15) is 0 Å². The first-order valence-corrected chi connectivity index (χ1v) is 12.2. The van der Waals surface area contributed by atoms with Crippen molar-refractivity contribution in [3.05, 3.63) is 59.2 Å². The molecule has 0 radical (unpaired) electrons. The third-order valence-corrected chi connectivity index (χ3v) is 7.32. The Bertz CT molecular complexity index is 1440. The summed E-state index contributed by atoms with van der Waals surface area (Å²) in [5.74, 6) is 4.48. The molecule has 194 valence electrons. The summed E-state index contributed by atoms with van der Waals surface area (Å²) in [6.45, 7) is 2.38. The van der Waals surface area contributed by atoms with Gasteiger partial charge in [0.05, 0.1) is 48.2 Å². The van der Waals surface area contributed by atoms with E-state index in [1.165, 1.54) is 16.5 Å². The molecule has 0 saturated carbocycles. The van der Waals surface area contributed by atoms with E-state index in [9.17, 15) is 0 Å². The van der Waals surface area contributed by atoms with Crippen molar-refractivity contribution >= 4 is 21.5 Å². The molecule has 0 aliphatic carbocycles. The van der Waals surface area contributed by atoms with E-state index < -0.39 is 0 Å². The van der Waals surface area contributed by atoms with Crippen LogP contribution >= 0.6 is 0 Å². The highest BCUT2D eigenvalue weighted by molar-refractivity contribution is 6.12. The van der Waals surface area contributed by atoms with Crippen molar-refractivity contribution < 1.29 is 28.4 Å². The summed E-state index contributed by atoms with van der Waals surface area (Å²) in [6, 6.07) is 14.2. The Labute approximate surface area is 217 Å². The number of ether oxygens (including phenoxy) is 6. The van der Waals surface area contributed by atoms with Crippen LogP contribution in [0.5, 0.6) is 34.5 Å². The van der Waals surface area contributed by atoms with Gasteiger partial charge < -0.3 is 28.4 Å². The molecule has 1 aliphatic heterocycles. The highest BCUT2D eigenvalue weighted by Gasteiger charge is 2.26. The van der Waals surface area contributed by atoms with Crippen molar-refractivity contribution in [2.45, 2.75) is 19.5 Å². The molecule has 0 N–H and O–H groups in total. The SMILES string of the molecule is COc1cc2c3c(c4cc(OC)c(OC)cc4c2cc1OC)CN(Cc1c(OC)cccc1OC)CC3. The monoisotopic (exact) mass is 503 g/mol. The summed E-state index contributed by atoms with van der Waals surface area (Å²) < 4.78 is 34.0. The number of fused-ring (bicyclic) bond motifs is 6. The molecule has 0 amide bonds. The van der Waals surface area contributed by atoms with Crippen LogP contribution in [0.2, 0.25) is 0 Å². The van der Waals surface area contributed by atoms with E-state index in [1.807, 2.05) is 18.2 Å². The van der Waals surface area contributed by atoms with Crippen LogP contribution in [0.4, 0.5) is 0 Å². The Morgan fingerprint density at radius 3 is 1.46 bits per heavy atom. The molecule has 0 aromatic heterocycles. The van der Waals surface area contributed by atoms with Crippen molar-refractivity contribution in [3.63, 3.8) is 0 Å². The lowest BCUT2D eigenvalue weighted by molar-refractivity contribution is 0.239. The Balaban J connectivity index is 1.70. The van der Waals surface area contributed by atoms with Crippen molar-refractivity contribution in [3.8, 4) is 34.5 Å². The maximum absolute atomic E-state index is 5.70. The van der Waals surface area contributed by atoms with Gasteiger partial charge in [-0.1, -0.05) is 6.07 Å². The molecule has 0 saturated heterocycles. The first-order chi connectivity index (χ1) is 18.1. The van der Waals surface area contributed by atoms with Crippen molar-refractivity contribution in [2.75, 3.05) is 49.2 Å². The Hall–Kier alpha value is -3.84. The van der Waals surface area contributed by atoms with Crippen molar-refractivity contribution in [2.24, 2.45) is 0 Å². The Kier molecular flexibility index (Phi) is 6.89. The molecule has 1 aliphatic rings. The summed E-state index contributed by atoms with van der Waals surface area (Å²) in [7, 11) is 10.1. The van der Waals surface area contributed by atoms with Crippen LogP contribution < -0.4 is 28.4 Å². The molecule has 7 nitrogen and oxygen atoms in total. The second kappa shape index (κ2) is 10.3. The van der Waals surface area contributed by atoms with Crippen LogP contribution in [0.3, 0.4) is 0 Å². The van der Waals surface area contributed by atoms with E-state index in [4.69, 9.17) is 28.4 Å². The molecule has 0 fully saturated rings. The van der Waals surface area contributed by atoms with Crippen molar-refractivity contribution in [1.29, 1.82) is 0 Å². The first kappa shape index (κ1) is 24.8. The van der Waals surface area contributed by atoms with Gasteiger partial charge in [0.15, 0.2) is 23.0 Å². The summed E-state index contributed by atoms with van der Waals surface area (Å²) >= 11 is 0. The third kappa shape index (κ3) is 4.23. The summed E-state index contributed by atoms with van der Waals surface area (Å²) in [5.41, 5.74) is 3.64. The Morgan fingerprint density at radius 1 is 0.568 bits per heavy atom. The van der Waals surface area contributed by atoms with Gasteiger partial charge in [0.25, 0.3) is 0 Å². The summed E-state index contributed by atoms with van der Waals surface area (Å²) in [5, 5.41) is 4.50. The number of benzene rings is 4. The number of hydrogen-bond acceptors (Lipinski definition) is 7. The van der Waals surface area contributed by atoms with Gasteiger partial charge in [0.1, 0.15) is 11.5 Å². The molecule has 4 aromatic rings. The molecule has 7 heteroatoms. The van der Waals surface area contributed by atoms with E-state index >= 15 is 0 Å². The van der Waals surface area contributed by atoms with Crippen LogP contribution in [-0.2, 0) is 19.5 Å². The molecule has 0 atom stereocenters. The molecular weight excluding hydrogens is 470 g/mol. The predicted molar refractivity (Wildman–Crippen MR) is 145 cm³/mol. The average Bonchev–Trinajstić information content (AvgIpc) is 2.95. The van der Waals surface area contributed by atoms with E-state index in [1.54, 1.807) is 42.7 Å². The fraction of sp³-hybridized carbons (Fsp3) is 0.333. The minimum absolute atomic E-state index is 0.692. The molecule has 1 heterocycles. The Morgan fingerprint density at radius 2 is 1.00 bits per heavy atom. The zero-order valence-corrected chi connectivity index (χ0v) is 22.3. The molecule has 4 aromatic carbocycles. The van der Waals surface area contributed by atoms with Crippen LogP contribution in [-0.4, -0.2) is 54.1 Å². The minimum atomic E-state index is 0.692. The average molecular weight is 504 g/mol. The number of methoxy groups -OCH3 is 6. The fourth-order valence-electron chi connectivity index (χ4n) is 5.51. The molecule has 5 rings (SSSR count). The standard InChI is InChI=1S/C30H33NO6/c1-32-25-8-7-9-26(33-2)24(25)17-31-11-10-18-19-12-27(34-3)28(35-4)13-20(19)21-14-29(36-5)30(37-6)15-22(21)23(18)16-31/h7-9,12-15H,10-11,16-17H2,1-6H3. The second-order valence-corrected chi connectivity index (χ2v) is 9.06. The number of hydrogen-bond donors (Lipinski definition) is 0. The second-order valence-electron chi connectivity index (χ2n) is 9.06. The van der Waals surface area contributed by atoms with Gasteiger partial charge in [-0.05, 0) is 75.5 Å². The van der Waals surface area contributed by atoms with Gasteiger partial charge in [0.2, 0.25) is 0 Å². The summed E-state index contributed by atoms with van der Waals surface area (Å²) in [6.07, 6.45) is 0.892. The fourth-order valence-corrected chi connectivity index (χ4v) is 5.51. The van der Waals surface area contributed by atoms with Gasteiger partial charge in [-0.15, -0.1) is 0 Å². The zero-order valence-electron chi connectivity index (χ0n) is 22.3. The maximum atomic E-state index is 5.70. The molecule has 0 unspecified atom stereocenters. The largest absolute Gasteiger partial charge is 0.496 e. The van der Waals surface area contributed by atoms with E-state index in [2.05, 4.69) is 29.2 Å². The third-order valence-electron chi connectivity index (χ3n) is 7.32. The number of rotatable bonds is 8. The van der Waals surface area contributed by atoms with Crippen molar-refractivity contribution in [1.82, 2.24) is 4.90 Å². The van der Waals surface area contributed by atoms with Crippen LogP contribution in [0.15, 0.2) is 42.5 Å². The highest BCUT2D eigenvalue weighted by Crippen LogP contribution is 2.45. The molecule has 37 heavy (non-hydrogen) atoms. The van der Waals surface area contributed by atoms with E-state index in [0.717, 1.165) is 58.5 Å². The normalized spacial score (nSPS) is 13.4. The topological polar surface area (TPSA) is 58.6 Å². The molecular formula is C30H33NO6. The molecule has 0 bridgehead atoms. The quantitative estimate of drug-likeness (QED) is 0.290. The summed E-state index contributed by atoms with van der Waals surface area (Å²) in [4.78, 5) is 2.44. The maximum Gasteiger partial charge on any atom is 0.161 e. The first-order valence-electron chi connectivity index (χ1n) is 12.2. The lowest BCUT2D eigenvalue weighted by Crippen LogP contribution is -2.30. The van der Waals surface area contributed by atoms with Gasteiger partial charge >= 0.3 is 0 Å². The predicted octanol–water partition coefficient (Wildman–Crippen LogP) is 5.60. The van der Waals surface area contributed by atoms with Crippen LogP contribution in [0.25, 0.3) is 21.5 Å². The highest BCUT2D eigenvalue weighted by atomic mass is 16.5. The van der Waals surface area contributed by atoms with Gasteiger partial charge in [-0.25, -0.2) is 0 Å². The van der Waals surface area contributed by atoms with E-state index in [-0.39, 0.29) is 0 Å². The lowest BCUT2D eigenvalue weighted by Gasteiger charge is -2.32. The van der Waals surface area contributed by atoms with Gasteiger partial charge in [0, 0.05) is 19.6 Å². The molecule has 0 spiro atoms. The lowest BCUT2D eigenvalue weighted by atomic mass is 9.87. The smallest absolute Gasteiger partial charge is 0.161 e. The van der Waals surface area contributed by atoms with Crippen LogP contribution in [0.1, 0.15) is 16.7 Å². The number of nitrogens with zero attached hydrogens (tertiary/aromatic N) is 1. The van der Waals surface area contributed by atoms with Crippen LogP contribution in [0, 0.1) is 0 Å². The minimum Gasteiger partial charge on any atom is -0.496 e.